The molecule has 162 valence electrons. The van der Waals surface area contributed by atoms with Crippen LogP contribution in [-0.2, 0) is 14.8 Å². The maximum Gasteiger partial charge on any atom is 0.243 e. The fourth-order valence-corrected chi connectivity index (χ4v) is 5.58. The molecule has 2 saturated heterocycles. The summed E-state index contributed by atoms with van der Waals surface area (Å²) in [5.41, 5.74) is 1.72. The number of sulfonamides is 1. The van der Waals surface area contributed by atoms with Crippen LogP contribution in [0.25, 0.3) is 0 Å². The summed E-state index contributed by atoms with van der Waals surface area (Å²) in [6, 6.07) is 5.31. The molecule has 1 unspecified atom stereocenters. The van der Waals surface area contributed by atoms with Gasteiger partial charge in [0.2, 0.25) is 10.0 Å². The lowest BCUT2D eigenvalue weighted by molar-refractivity contribution is 0.114. The van der Waals surface area contributed by atoms with Crippen LogP contribution in [0, 0.1) is 0 Å². The Kier molecular flexibility index (Phi) is 7.72. The molecule has 1 atom stereocenters. The van der Waals surface area contributed by atoms with Crippen LogP contribution in [0.2, 0.25) is 0 Å². The average Bonchev–Trinajstić information content (AvgIpc) is 3.41. The van der Waals surface area contributed by atoms with E-state index in [9.17, 15) is 8.42 Å². The first-order chi connectivity index (χ1) is 14.0. The number of rotatable bonds is 8. The van der Waals surface area contributed by atoms with Gasteiger partial charge in [0.1, 0.15) is 0 Å². The van der Waals surface area contributed by atoms with Gasteiger partial charge in [0.15, 0.2) is 5.11 Å². The molecule has 0 aromatic heterocycles. The van der Waals surface area contributed by atoms with Gasteiger partial charge in [0, 0.05) is 39.3 Å². The van der Waals surface area contributed by atoms with Gasteiger partial charge >= 0.3 is 0 Å². The van der Waals surface area contributed by atoms with E-state index in [4.69, 9.17) is 17.0 Å². The standard InChI is InChI=1S/C20H32N4O3S2/c1-3-24(4-2)29(25,26)17-9-10-19(23-11-5-6-12-23)18(14-17)22-20(28)21-15-16-8-7-13-27-16/h9-10,14,16H,3-8,11-13,15H2,1-2H3,(H2,21,22,28). The van der Waals surface area contributed by atoms with E-state index in [-0.39, 0.29) is 11.0 Å². The Hall–Kier alpha value is -1.42. The maximum absolute atomic E-state index is 13.0. The second-order valence-electron chi connectivity index (χ2n) is 7.43. The van der Waals surface area contributed by atoms with Gasteiger partial charge in [0.05, 0.1) is 22.4 Å². The molecule has 0 radical (unpaired) electrons. The van der Waals surface area contributed by atoms with Crippen molar-refractivity contribution >= 4 is 38.7 Å². The number of benzene rings is 1. The molecule has 2 heterocycles. The molecule has 0 spiro atoms. The van der Waals surface area contributed by atoms with Crippen LogP contribution in [-0.4, -0.2) is 63.3 Å². The van der Waals surface area contributed by atoms with Crippen molar-refractivity contribution in [3.63, 3.8) is 0 Å². The summed E-state index contributed by atoms with van der Waals surface area (Å²) < 4.78 is 33.1. The van der Waals surface area contributed by atoms with Crippen LogP contribution < -0.4 is 15.5 Å². The van der Waals surface area contributed by atoms with E-state index in [1.165, 1.54) is 4.31 Å². The van der Waals surface area contributed by atoms with Gasteiger partial charge in [-0.1, -0.05) is 13.8 Å². The van der Waals surface area contributed by atoms with E-state index < -0.39 is 10.0 Å². The Bertz CT molecular complexity index is 800. The summed E-state index contributed by atoms with van der Waals surface area (Å²) in [6.07, 6.45) is 4.58. The van der Waals surface area contributed by atoms with Crippen molar-refractivity contribution in [1.82, 2.24) is 9.62 Å². The van der Waals surface area contributed by atoms with Crippen molar-refractivity contribution in [2.45, 2.75) is 50.5 Å². The van der Waals surface area contributed by atoms with Crippen molar-refractivity contribution in [2.24, 2.45) is 0 Å². The smallest absolute Gasteiger partial charge is 0.243 e. The van der Waals surface area contributed by atoms with E-state index in [0.717, 1.165) is 56.8 Å². The van der Waals surface area contributed by atoms with Crippen LogP contribution >= 0.6 is 12.2 Å². The maximum atomic E-state index is 13.0. The van der Waals surface area contributed by atoms with Gasteiger partial charge in [-0.15, -0.1) is 0 Å². The first-order valence-electron chi connectivity index (χ1n) is 10.5. The summed E-state index contributed by atoms with van der Waals surface area (Å²) in [5.74, 6) is 0. The number of hydrogen-bond donors (Lipinski definition) is 2. The van der Waals surface area contributed by atoms with Crippen LogP contribution in [0.4, 0.5) is 11.4 Å². The third-order valence-corrected chi connectivity index (χ3v) is 7.81. The highest BCUT2D eigenvalue weighted by Gasteiger charge is 2.25. The quantitative estimate of drug-likeness (QED) is 0.602. The van der Waals surface area contributed by atoms with Gasteiger partial charge in [-0.25, -0.2) is 8.42 Å². The number of thiocarbonyl (C=S) groups is 1. The summed E-state index contributed by atoms with van der Waals surface area (Å²) in [6.45, 7) is 7.97. The SMILES string of the molecule is CCN(CC)S(=O)(=O)c1ccc(N2CCCC2)c(NC(=S)NCC2CCCO2)c1. The molecule has 2 aliphatic rings. The van der Waals surface area contributed by atoms with Gasteiger partial charge in [0.25, 0.3) is 0 Å². The second-order valence-corrected chi connectivity index (χ2v) is 9.78. The van der Waals surface area contributed by atoms with E-state index in [2.05, 4.69) is 15.5 Å². The molecule has 0 saturated carbocycles. The zero-order chi connectivity index (χ0) is 20.9. The molecule has 7 nitrogen and oxygen atoms in total. The molecule has 3 rings (SSSR count). The van der Waals surface area contributed by atoms with E-state index >= 15 is 0 Å². The van der Waals surface area contributed by atoms with E-state index in [0.29, 0.717) is 24.7 Å². The molecule has 29 heavy (non-hydrogen) atoms. The molecular formula is C20H32N4O3S2. The molecule has 2 aliphatic heterocycles. The predicted molar refractivity (Wildman–Crippen MR) is 121 cm³/mol. The largest absolute Gasteiger partial charge is 0.376 e. The zero-order valence-corrected chi connectivity index (χ0v) is 18.9. The first kappa shape index (κ1) is 22.3. The highest BCUT2D eigenvalue weighted by Crippen LogP contribution is 2.32. The number of nitrogens with zero attached hydrogens (tertiary/aromatic N) is 2. The molecule has 0 bridgehead atoms. The molecule has 9 heteroatoms. The van der Waals surface area contributed by atoms with Crippen molar-refractivity contribution in [1.29, 1.82) is 0 Å². The fraction of sp³-hybridized carbons (Fsp3) is 0.650. The molecule has 0 aliphatic carbocycles. The summed E-state index contributed by atoms with van der Waals surface area (Å²) in [7, 11) is -3.53. The predicted octanol–water partition coefficient (Wildman–Crippen LogP) is 2.78. The van der Waals surface area contributed by atoms with Crippen molar-refractivity contribution < 1.29 is 13.2 Å². The zero-order valence-electron chi connectivity index (χ0n) is 17.3. The first-order valence-corrected chi connectivity index (χ1v) is 12.4. The van der Waals surface area contributed by atoms with Crippen LogP contribution in [0.15, 0.2) is 23.1 Å². The van der Waals surface area contributed by atoms with Gasteiger partial charge < -0.3 is 20.3 Å². The number of anilines is 2. The lowest BCUT2D eigenvalue weighted by Gasteiger charge is -2.25. The van der Waals surface area contributed by atoms with Crippen LogP contribution in [0.1, 0.15) is 39.5 Å². The monoisotopic (exact) mass is 440 g/mol. The summed E-state index contributed by atoms with van der Waals surface area (Å²) in [5, 5.41) is 6.93. The Morgan fingerprint density at radius 3 is 2.59 bits per heavy atom. The van der Waals surface area contributed by atoms with Crippen molar-refractivity contribution in [3.05, 3.63) is 18.2 Å². The Morgan fingerprint density at radius 1 is 1.24 bits per heavy atom. The number of hydrogen-bond acceptors (Lipinski definition) is 5. The average molecular weight is 441 g/mol. The topological polar surface area (TPSA) is 73.9 Å². The second kappa shape index (κ2) is 10.1. The van der Waals surface area contributed by atoms with Gasteiger partial charge in [-0.05, 0) is 56.1 Å². The molecule has 0 amide bonds. The van der Waals surface area contributed by atoms with Gasteiger partial charge in [-0.3, -0.25) is 0 Å². The molecule has 1 aromatic rings. The molecule has 1 aromatic carbocycles. The molecular weight excluding hydrogens is 408 g/mol. The minimum Gasteiger partial charge on any atom is -0.376 e. The molecule has 2 N–H and O–H groups in total. The Balaban J connectivity index is 1.81. The minimum absolute atomic E-state index is 0.183. The third-order valence-electron chi connectivity index (χ3n) is 5.52. The number of nitrogens with one attached hydrogen (secondary N) is 2. The van der Waals surface area contributed by atoms with Crippen LogP contribution in [0.5, 0.6) is 0 Å². The van der Waals surface area contributed by atoms with Crippen molar-refractivity contribution in [2.75, 3.05) is 49.5 Å². The normalized spacial score (nSPS) is 19.7. The fourth-order valence-electron chi connectivity index (χ4n) is 3.90. The van der Waals surface area contributed by atoms with Crippen LogP contribution in [0.3, 0.4) is 0 Å². The highest BCUT2D eigenvalue weighted by molar-refractivity contribution is 7.89. The number of ether oxygens (including phenoxy) is 1. The third kappa shape index (κ3) is 5.39. The summed E-state index contributed by atoms with van der Waals surface area (Å²) >= 11 is 5.48. The lowest BCUT2D eigenvalue weighted by Crippen LogP contribution is -2.35. The van der Waals surface area contributed by atoms with Crippen molar-refractivity contribution in [3.8, 4) is 0 Å². The Labute approximate surface area is 179 Å². The highest BCUT2D eigenvalue weighted by atomic mass is 32.2. The summed E-state index contributed by atoms with van der Waals surface area (Å²) in [4.78, 5) is 2.56. The Morgan fingerprint density at radius 2 is 1.97 bits per heavy atom. The van der Waals surface area contributed by atoms with E-state index in [1.807, 2.05) is 19.9 Å². The van der Waals surface area contributed by atoms with Gasteiger partial charge in [-0.2, -0.15) is 4.31 Å². The lowest BCUT2D eigenvalue weighted by atomic mass is 10.2. The molecule has 2 fully saturated rings. The minimum atomic E-state index is -3.53. The van der Waals surface area contributed by atoms with E-state index in [1.54, 1.807) is 12.1 Å².